The number of para-hydroxylation sites is 7. The summed E-state index contributed by atoms with van der Waals surface area (Å²) >= 11 is 0. The van der Waals surface area contributed by atoms with Gasteiger partial charge in [0.25, 0.3) is 0 Å². The Morgan fingerprint density at radius 1 is 0.179 bits per heavy atom. The minimum absolute atomic E-state index is 0.931. The van der Waals surface area contributed by atoms with E-state index in [4.69, 9.17) is 9.97 Å². The van der Waals surface area contributed by atoms with Crippen LogP contribution in [-0.4, -0.2) is 23.8 Å². The van der Waals surface area contributed by atoms with E-state index in [2.05, 4.69) is 553 Å². The SMILES string of the molecule is Cc1ccc2c(-c3ccccc3)c3ccccc3c(-c3ccc(-n4c(-c5ccccc5)nc5ccccc54)cc3)c2c1.c1ccc(-c2c3ccccc3c(-c3ccc4ccccc4c3)c3ccc(-c4ccc(-n5c6ccccc6c[n+]5-c5ccccc5)cc4)cc23)cc1.c1ccc(-c2ccc(-c3c4ccccc4c(-c4ccccc4)c4cc(-c5nc6ccccc6n5-c5ccccc5)ccc34)cc2)cc1. The van der Waals surface area contributed by atoms with Gasteiger partial charge in [-0.15, -0.1) is 4.68 Å². The lowest BCUT2D eigenvalue weighted by Gasteiger charge is -2.19. The lowest BCUT2D eigenvalue weighted by molar-refractivity contribution is -0.672. The molecule has 0 bridgehead atoms. The molecule has 6 heteroatoms. The fraction of sp³-hybridized carbons (Fsp3) is 0.00746. The lowest BCUT2D eigenvalue weighted by atomic mass is 9.84. The molecule has 0 unspecified atom stereocenters. The van der Waals surface area contributed by atoms with Gasteiger partial charge < -0.3 is 0 Å². The van der Waals surface area contributed by atoms with Crippen molar-refractivity contribution in [2.75, 3.05) is 0 Å². The first kappa shape index (κ1) is 83.3. The highest BCUT2D eigenvalue weighted by Gasteiger charge is 2.27. The Kier molecular flexibility index (Phi) is 21.5. The van der Waals surface area contributed by atoms with Gasteiger partial charge in [-0.2, -0.15) is 0 Å². The highest BCUT2D eigenvalue weighted by molar-refractivity contribution is 6.25. The van der Waals surface area contributed by atoms with Crippen LogP contribution in [0.5, 0.6) is 0 Å². The van der Waals surface area contributed by atoms with Gasteiger partial charge in [0.15, 0.2) is 0 Å². The molecule has 24 aromatic carbocycles. The minimum atomic E-state index is 0.931. The molecular formula is C134H91N6+. The van der Waals surface area contributed by atoms with Gasteiger partial charge in [-0.25, -0.2) is 9.97 Å². The third kappa shape index (κ3) is 15.2. The summed E-state index contributed by atoms with van der Waals surface area (Å²) in [4.78, 5) is 10.2. The third-order valence-corrected chi connectivity index (χ3v) is 27.7. The second-order valence-corrected chi connectivity index (χ2v) is 36.1. The standard InChI is InChI=1S/C49H33N2.C45H30N2.C40H28N2/c1-3-14-36(15-4-1)48-43-20-10-11-21-44(43)49(39-24-23-34-13-7-8-16-37(34)31-39)45-30-27-38(32-46(45)48)35-25-28-42(29-26-35)51-47-22-12-9-17-40(47)33-50(51)41-18-5-2-6-19-41;1-4-14-31(15-5-1)32-24-26-34(27-25-32)43-37-20-10-11-21-38(37)44(33-16-6-2-7-17-33)40-30-35(28-29-39(40)43)45-46-41-22-12-13-23-42(41)47(45)36-18-8-3-9-19-36;1-27-20-25-34-35(26-27)39(33-17-9-8-16-32(33)38(34)28-12-4-2-5-13-28)29-21-23-31(24-22-29)42-37-19-11-10-18-36(37)41-40(42)30-14-6-3-7-15-30/h1-33H;1-30H;2-26H,1H3/q+1;;. The summed E-state index contributed by atoms with van der Waals surface area (Å²) < 4.78 is 9.09. The number of benzene rings is 24. The summed E-state index contributed by atoms with van der Waals surface area (Å²) in [5.41, 5.74) is 32.9. The monoisotopic (exact) mass is 1780 g/mol. The Morgan fingerprint density at radius 2 is 0.479 bits per heavy atom. The zero-order valence-electron chi connectivity index (χ0n) is 77.0. The maximum absolute atomic E-state index is 5.21. The molecule has 0 spiro atoms. The van der Waals surface area contributed by atoms with E-state index in [9.17, 15) is 0 Å². The summed E-state index contributed by atoms with van der Waals surface area (Å²) in [6.07, 6.45) is 2.21. The Morgan fingerprint density at radius 3 is 0.986 bits per heavy atom. The second-order valence-electron chi connectivity index (χ2n) is 36.1. The van der Waals surface area contributed by atoms with Crippen LogP contribution in [0.25, 0.3) is 243 Å². The van der Waals surface area contributed by atoms with Gasteiger partial charge in [0.2, 0.25) is 11.9 Å². The van der Waals surface area contributed by atoms with Gasteiger partial charge in [-0.1, -0.05) is 435 Å². The van der Waals surface area contributed by atoms with E-state index in [1.165, 1.54) is 181 Å². The fourth-order valence-electron chi connectivity index (χ4n) is 21.3. The average molecular weight is 1790 g/mol. The smallest absolute Gasteiger partial charge is 0.236 e. The Balaban J connectivity index is 0.000000111. The molecule has 6 nitrogen and oxygen atoms in total. The number of aryl methyl sites for hydroxylation is 1. The number of hydrogen-bond acceptors (Lipinski definition) is 2. The number of hydrogen-bond donors (Lipinski definition) is 0. The van der Waals surface area contributed by atoms with E-state index in [0.29, 0.717) is 0 Å². The van der Waals surface area contributed by atoms with Crippen molar-refractivity contribution in [2.45, 2.75) is 6.92 Å². The second kappa shape index (κ2) is 36.0. The largest absolute Gasteiger partial charge is 0.292 e. The maximum Gasteiger partial charge on any atom is 0.236 e. The van der Waals surface area contributed by atoms with Gasteiger partial charge in [-0.3, -0.25) is 9.13 Å². The van der Waals surface area contributed by atoms with Crippen molar-refractivity contribution in [2.24, 2.45) is 0 Å². The highest BCUT2D eigenvalue weighted by atomic mass is 15.4. The molecule has 0 N–H and O–H groups in total. The molecule has 3 heterocycles. The molecule has 0 radical (unpaired) electrons. The molecule has 0 fully saturated rings. The fourth-order valence-corrected chi connectivity index (χ4v) is 21.3. The van der Waals surface area contributed by atoms with E-state index in [-0.39, 0.29) is 0 Å². The molecule has 0 saturated carbocycles. The zero-order chi connectivity index (χ0) is 92.9. The summed E-state index contributed by atoms with van der Waals surface area (Å²) in [6, 6.07) is 190. The van der Waals surface area contributed by atoms with E-state index in [0.717, 1.165) is 67.6 Å². The molecule has 0 saturated heterocycles. The van der Waals surface area contributed by atoms with Gasteiger partial charge in [0, 0.05) is 34.6 Å². The first-order chi connectivity index (χ1) is 69.4. The zero-order valence-corrected chi connectivity index (χ0v) is 77.0. The molecule has 27 aromatic rings. The quantitative estimate of drug-likeness (QED) is 0.0804. The van der Waals surface area contributed by atoms with Gasteiger partial charge in [0.05, 0.1) is 27.5 Å². The molecule has 656 valence electrons. The van der Waals surface area contributed by atoms with Gasteiger partial charge in [0.1, 0.15) is 22.9 Å². The van der Waals surface area contributed by atoms with Crippen molar-refractivity contribution in [3.05, 3.63) is 540 Å². The van der Waals surface area contributed by atoms with Crippen molar-refractivity contribution >= 4 is 108 Å². The predicted molar refractivity (Wildman–Crippen MR) is 589 cm³/mol. The predicted octanol–water partition coefficient (Wildman–Crippen LogP) is 35.0. The van der Waals surface area contributed by atoms with Crippen LogP contribution in [0.2, 0.25) is 0 Å². The number of fused-ring (bicyclic) bond motifs is 10. The van der Waals surface area contributed by atoms with Crippen LogP contribution < -0.4 is 4.68 Å². The minimum Gasteiger partial charge on any atom is -0.292 e. The van der Waals surface area contributed by atoms with Crippen LogP contribution in [0.15, 0.2) is 534 Å². The lowest BCUT2D eigenvalue weighted by Crippen LogP contribution is -2.39. The Hall–Kier alpha value is -18.5. The van der Waals surface area contributed by atoms with Crippen molar-refractivity contribution in [1.29, 1.82) is 0 Å². The molecule has 0 amide bonds. The molecule has 0 aliphatic carbocycles. The summed E-state index contributed by atoms with van der Waals surface area (Å²) in [5.74, 6) is 1.88. The van der Waals surface area contributed by atoms with Crippen LogP contribution in [0.1, 0.15) is 5.56 Å². The van der Waals surface area contributed by atoms with Crippen molar-refractivity contribution in [1.82, 2.24) is 23.8 Å². The van der Waals surface area contributed by atoms with E-state index in [1.54, 1.807) is 0 Å². The van der Waals surface area contributed by atoms with E-state index < -0.39 is 0 Å². The topological polar surface area (TPSA) is 44.4 Å². The molecule has 3 aromatic heterocycles. The first-order valence-electron chi connectivity index (χ1n) is 48.0. The van der Waals surface area contributed by atoms with Gasteiger partial charge in [-0.05, 0) is 262 Å². The first-order valence-corrected chi connectivity index (χ1v) is 48.0. The molecule has 0 aliphatic rings. The van der Waals surface area contributed by atoms with Crippen LogP contribution in [0.4, 0.5) is 0 Å². The molecule has 140 heavy (non-hydrogen) atoms. The summed E-state index contributed by atoms with van der Waals surface area (Å²) in [7, 11) is 0. The molecule has 0 aliphatic heterocycles. The van der Waals surface area contributed by atoms with Crippen LogP contribution >= 0.6 is 0 Å². The van der Waals surface area contributed by atoms with Gasteiger partial charge >= 0.3 is 0 Å². The normalized spacial score (nSPS) is 11.5. The van der Waals surface area contributed by atoms with E-state index >= 15 is 0 Å². The number of nitrogens with zero attached hydrogens (tertiary/aromatic N) is 6. The van der Waals surface area contributed by atoms with Crippen LogP contribution in [0, 0.1) is 6.92 Å². The number of rotatable bonds is 14. The average Bonchev–Trinajstić information content (AvgIpc) is 0.767. The molecule has 27 rings (SSSR count). The summed E-state index contributed by atoms with van der Waals surface area (Å²) in [6.45, 7) is 2.18. The third-order valence-electron chi connectivity index (χ3n) is 27.7. The number of imidazole rings is 2. The van der Waals surface area contributed by atoms with Crippen molar-refractivity contribution in [3.63, 3.8) is 0 Å². The van der Waals surface area contributed by atoms with Crippen LogP contribution in [-0.2, 0) is 0 Å². The Bertz CT molecular complexity index is 9360. The Labute approximate surface area is 812 Å². The number of aromatic nitrogens is 6. The maximum atomic E-state index is 5.21. The highest BCUT2D eigenvalue weighted by Crippen LogP contribution is 2.50. The van der Waals surface area contributed by atoms with Crippen molar-refractivity contribution < 1.29 is 4.68 Å². The van der Waals surface area contributed by atoms with E-state index in [1.807, 2.05) is 6.07 Å². The van der Waals surface area contributed by atoms with Crippen molar-refractivity contribution in [3.8, 4) is 135 Å². The summed E-state index contributed by atoms with van der Waals surface area (Å²) in [5, 5.41) is 18.7. The molecule has 0 atom stereocenters. The van der Waals surface area contributed by atoms with Crippen LogP contribution in [0.3, 0.4) is 0 Å². The molecular weight excluding hydrogens is 1690 g/mol.